The third-order valence-electron chi connectivity index (χ3n) is 3.75. The van der Waals surface area contributed by atoms with E-state index in [0.29, 0.717) is 17.3 Å². The summed E-state index contributed by atoms with van der Waals surface area (Å²) in [7, 11) is 1.52. The Bertz CT molecular complexity index is 632. The van der Waals surface area contributed by atoms with Crippen molar-refractivity contribution in [1.82, 2.24) is 5.32 Å². The molecule has 3 nitrogen and oxygen atoms in total. The van der Waals surface area contributed by atoms with Gasteiger partial charge < -0.3 is 15.2 Å². The van der Waals surface area contributed by atoms with Crippen molar-refractivity contribution in [2.45, 2.75) is 32.4 Å². The van der Waals surface area contributed by atoms with Gasteiger partial charge in [-0.05, 0) is 37.0 Å². The molecule has 1 heterocycles. The van der Waals surface area contributed by atoms with Crippen LogP contribution in [0.15, 0.2) is 18.2 Å². The molecule has 0 fully saturated rings. The molecule has 2 N–H and O–H groups in total. The number of ether oxygens (including phenoxy) is 1. The van der Waals surface area contributed by atoms with E-state index in [9.17, 15) is 5.11 Å². The fourth-order valence-corrected chi connectivity index (χ4v) is 4.18. The molecule has 0 aliphatic heterocycles. The van der Waals surface area contributed by atoms with Crippen molar-refractivity contribution in [2.75, 3.05) is 7.11 Å². The highest BCUT2D eigenvalue weighted by Crippen LogP contribution is 2.34. The number of methoxy groups -OCH3 is 1. The van der Waals surface area contributed by atoms with Crippen LogP contribution >= 0.6 is 22.9 Å². The lowest BCUT2D eigenvalue weighted by Gasteiger charge is -2.10. The van der Waals surface area contributed by atoms with Crippen molar-refractivity contribution in [3.63, 3.8) is 0 Å². The quantitative estimate of drug-likeness (QED) is 0.877. The molecule has 1 aliphatic carbocycles. The predicted molar refractivity (Wildman–Crippen MR) is 86.6 cm³/mol. The Morgan fingerprint density at radius 3 is 2.90 bits per heavy atom. The van der Waals surface area contributed by atoms with Gasteiger partial charge in [-0.25, -0.2) is 0 Å². The lowest BCUT2D eigenvalue weighted by molar-refractivity contribution is 0.369. The van der Waals surface area contributed by atoms with Gasteiger partial charge in [-0.15, -0.1) is 11.3 Å². The monoisotopic (exact) mass is 323 g/mol. The summed E-state index contributed by atoms with van der Waals surface area (Å²) >= 11 is 7.93. The third-order valence-corrected chi connectivity index (χ3v) is 5.21. The van der Waals surface area contributed by atoms with Gasteiger partial charge in [-0.2, -0.15) is 0 Å². The molecular formula is C16H18ClNO2S. The molecule has 1 aliphatic rings. The Balaban J connectivity index is 1.63. The molecule has 0 saturated heterocycles. The number of phenols is 1. The lowest BCUT2D eigenvalue weighted by Crippen LogP contribution is -2.12. The van der Waals surface area contributed by atoms with Crippen LogP contribution in [0.3, 0.4) is 0 Å². The maximum Gasteiger partial charge on any atom is 0.162 e. The van der Waals surface area contributed by atoms with Crippen LogP contribution in [0.2, 0.25) is 5.02 Å². The van der Waals surface area contributed by atoms with E-state index in [-0.39, 0.29) is 5.75 Å². The first kappa shape index (κ1) is 14.7. The summed E-state index contributed by atoms with van der Waals surface area (Å²) in [5.41, 5.74) is 2.27. The Kier molecular flexibility index (Phi) is 4.38. The topological polar surface area (TPSA) is 41.5 Å². The van der Waals surface area contributed by atoms with Crippen LogP contribution in [0.4, 0.5) is 0 Å². The van der Waals surface area contributed by atoms with Crippen LogP contribution in [-0.4, -0.2) is 12.2 Å². The molecule has 0 amide bonds. The van der Waals surface area contributed by atoms with Crippen molar-refractivity contribution in [3.05, 3.63) is 44.1 Å². The molecule has 2 aromatic rings. The molecule has 0 saturated carbocycles. The number of hydrogen-bond acceptors (Lipinski definition) is 4. The van der Waals surface area contributed by atoms with E-state index in [1.54, 1.807) is 17.0 Å². The van der Waals surface area contributed by atoms with Crippen LogP contribution in [0.25, 0.3) is 0 Å². The highest BCUT2D eigenvalue weighted by molar-refractivity contribution is 7.12. The zero-order valence-corrected chi connectivity index (χ0v) is 13.5. The van der Waals surface area contributed by atoms with Crippen molar-refractivity contribution in [1.29, 1.82) is 0 Å². The zero-order valence-electron chi connectivity index (χ0n) is 11.9. The largest absolute Gasteiger partial charge is 0.504 e. The van der Waals surface area contributed by atoms with Crippen LogP contribution in [-0.2, 0) is 25.9 Å². The normalized spacial score (nSPS) is 13.4. The number of aryl methyl sites for hydroxylation is 2. The van der Waals surface area contributed by atoms with Crippen molar-refractivity contribution >= 4 is 22.9 Å². The number of benzene rings is 1. The summed E-state index contributed by atoms with van der Waals surface area (Å²) in [4.78, 5) is 2.90. The van der Waals surface area contributed by atoms with Gasteiger partial charge in [0.2, 0.25) is 0 Å². The van der Waals surface area contributed by atoms with Crippen LogP contribution in [0.1, 0.15) is 27.3 Å². The molecule has 5 heteroatoms. The van der Waals surface area contributed by atoms with Gasteiger partial charge in [0.15, 0.2) is 11.5 Å². The maximum absolute atomic E-state index is 10.1. The molecule has 1 aromatic carbocycles. The summed E-state index contributed by atoms with van der Waals surface area (Å²) in [5, 5.41) is 14.0. The first-order valence-corrected chi connectivity index (χ1v) is 8.23. The lowest BCUT2D eigenvalue weighted by atomic mass is 10.2. The minimum absolute atomic E-state index is 0.156. The SMILES string of the molecule is COc1cc(Cl)cc(CNCc2cc3c(s2)CCC3)c1O. The van der Waals surface area contributed by atoms with Gasteiger partial charge in [-0.1, -0.05) is 11.6 Å². The van der Waals surface area contributed by atoms with Crippen LogP contribution < -0.4 is 10.1 Å². The standard InChI is InChI=1S/C16H18ClNO2S/c1-20-14-7-12(17)5-11(16(14)19)8-18-9-13-6-10-3-2-4-15(10)21-13/h5-7,18-19H,2-4,8-9H2,1H3. The predicted octanol–water partition coefficient (Wildman–Crippen LogP) is 3.89. The first-order valence-electron chi connectivity index (χ1n) is 7.04. The minimum atomic E-state index is 0.156. The molecule has 1 aromatic heterocycles. The van der Waals surface area contributed by atoms with Gasteiger partial charge in [-0.3, -0.25) is 0 Å². The number of hydrogen-bond donors (Lipinski definition) is 2. The van der Waals surface area contributed by atoms with E-state index < -0.39 is 0 Å². The summed E-state index contributed by atoms with van der Waals surface area (Å²) < 4.78 is 5.11. The Hall–Kier alpha value is -1.23. The van der Waals surface area contributed by atoms with E-state index in [2.05, 4.69) is 11.4 Å². The van der Waals surface area contributed by atoms with Crippen LogP contribution in [0, 0.1) is 0 Å². The van der Waals surface area contributed by atoms with E-state index in [1.807, 2.05) is 11.3 Å². The number of rotatable bonds is 5. The van der Waals surface area contributed by atoms with Crippen molar-refractivity contribution in [3.8, 4) is 11.5 Å². The number of phenolic OH excluding ortho intramolecular Hbond substituents is 1. The average Bonchev–Trinajstić information content (AvgIpc) is 3.03. The number of aromatic hydroxyl groups is 1. The number of halogens is 1. The maximum atomic E-state index is 10.1. The number of thiophene rings is 1. The average molecular weight is 324 g/mol. The summed E-state index contributed by atoms with van der Waals surface area (Å²) in [6.45, 7) is 1.37. The Morgan fingerprint density at radius 1 is 1.29 bits per heavy atom. The minimum Gasteiger partial charge on any atom is -0.504 e. The summed E-state index contributed by atoms with van der Waals surface area (Å²) in [6.07, 6.45) is 3.75. The molecule has 21 heavy (non-hydrogen) atoms. The van der Waals surface area contributed by atoms with Crippen LogP contribution in [0.5, 0.6) is 11.5 Å². The van der Waals surface area contributed by atoms with E-state index in [4.69, 9.17) is 16.3 Å². The second-order valence-corrected chi connectivity index (χ2v) is 6.89. The Morgan fingerprint density at radius 2 is 2.14 bits per heavy atom. The van der Waals surface area contributed by atoms with Crippen molar-refractivity contribution < 1.29 is 9.84 Å². The second-order valence-electron chi connectivity index (χ2n) is 5.23. The highest BCUT2D eigenvalue weighted by atomic mass is 35.5. The first-order chi connectivity index (χ1) is 10.2. The van der Waals surface area contributed by atoms with Gasteiger partial charge in [0, 0.05) is 39.5 Å². The van der Waals surface area contributed by atoms with E-state index in [0.717, 1.165) is 12.1 Å². The van der Waals surface area contributed by atoms with Gasteiger partial charge in [0.1, 0.15) is 0 Å². The fourth-order valence-electron chi connectivity index (χ4n) is 2.72. The summed E-state index contributed by atoms with van der Waals surface area (Å²) in [6, 6.07) is 5.68. The molecule has 0 atom stereocenters. The second kappa shape index (κ2) is 6.26. The highest BCUT2D eigenvalue weighted by Gasteiger charge is 2.15. The van der Waals surface area contributed by atoms with Gasteiger partial charge in [0.05, 0.1) is 7.11 Å². The molecular weight excluding hydrogens is 306 g/mol. The molecule has 0 bridgehead atoms. The molecule has 112 valence electrons. The zero-order chi connectivity index (χ0) is 14.8. The summed E-state index contributed by atoms with van der Waals surface area (Å²) in [5.74, 6) is 0.567. The van der Waals surface area contributed by atoms with E-state index >= 15 is 0 Å². The van der Waals surface area contributed by atoms with E-state index in [1.165, 1.54) is 36.8 Å². The fraction of sp³-hybridized carbons (Fsp3) is 0.375. The van der Waals surface area contributed by atoms with Crippen molar-refractivity contribution in [2.24, 2.45) is 0 Å². The Labute approximate surface area is 133 Å². The molecule has 0 spiro atoms. The molecule has 0 radical (unpaired) electrons. The molecule has 3 rings (SSSR count). The number of nitrogens with one attached hydrogen (secondary N) is 1. The van der Waals surface area contributed by atoms with Gasteiger partial charge >= 0.3 is 0 Å². The third kappa shape index (κ3) is 3.18. The van der Waals surface area contributed by atoms with Gasteiger partial charge in [0.25, 0.3) is 0 Å². The number of fused-ring (bicyclic) bond motifs is 1. The smallest absolute Gasteiger partial charge is 0.162 e. The molecule has 0 unspecified atom stereocenters.